The van der Waals surface area contributed by atoms with E-state index in [1.165, 1.54) is 75.3 Å². The van der Waals surface area contributed by atoms with Crippen LogP contribution in [0, 0.1) is 23.7 Å². The highest BCUT2D eigenvalue weighted by Gasteiger charge is 2.17. The van der Waals surface area contributed by atoms with Crippen molar-refractivity contribution in [3.63, 3.8) is 0 Å². The van der Waals surface area contributed by atoms with Crippen molar-refractivity contribution in [2.45, 2.75) is 126 Å². The topological polar surface area (TPSA) is 0 Å². The zero-order valence-electron chi connectivity index (χ0n) is 24.9. The van der Waals surface area contributed by atoms with Gasteiger partial charge in [-0.05, 0) is 61.8 Å². The van der Waals surface area contributed by atoms with Crippen LogP contribution >= 0.6 is 0 Å². The Morgan fingerprint density at radius 1 is 0.943 bits per heavy atom. The molecule has 0 N–H and O–H groups in total. The standard InChI is InChI=1S/C13H26.C11H14.C9H14.C2H6/c1-11(2)5-4-6-13-9-7-12(3)8-10-13;1-3-10(2)9-11-7-5-4-6-8-11;1-3-9-6-4-8(2)5-7-9;1-2/h11-13H,4-10H2,1-3H3;3-8,10H,1,9H2,2H3;4,6H,3,5,7H2,1-2H3;1-2H3. The predicted octanol–water partition coefficient (Wildman–Crippen LogP) is 11.8. The third kappa shape index (κ3) is 18.4. The van der Waals surface area contributed by atoms with Crippen molar-refractivity contribution in [2.75, 3.05) is 0 Å². The van der Waals surface area contributed by atoms with Crippen LogP contribution in [0.15, 0.2) is 66.3 Å². The molecule has 1 saturated carbocycles. The molecule has 2 aliphatic rings. The lowest BCUT2D eigenvalue weighted by atomic mass is 9.80. The molecule has 0 heteroatoms. The first-order valence-corrected chi connectivity index (χ1v) is 14.9. The normalized spacial score (nSPS) is 19.9. The van der Waals surface area contributed by atoms with Gasteiger partial charge in [0.25, 0.3) is 0 Å². The summed E-state index contributed by atoms with van der Waals surface area (Å²) >= 11 is 0. The fourth-order valence-electron chi connectivity index (χ4n) is 4.58. The molecule has 1 unspecified atom stereocenters. The summed E-state index contributed by atoms with van der Waals surface area (Å²) in [4.78, 5) is 0. The molecule has 1 fully saturated rings. The van der Waals surface area contributed by atoms with Gasteiger partial charge in [-0.1, -0.05) is 153 Å². The summed E-state index contributed by atoms with van der Waals surface area (Å²) in [5, 5.41) is 0. The summed E-state index contributed by atoms with van der Waals surface area (Å²) in [5.74, 6) is 3.58. The van der Waals surface area contributed by atoms with Gasteiger partial charge >= 0.3 is 0 Å². The van der Waals surface area contributed by atoms with Crippen molar-refractivity contribution in [1.82, 2.24) is 0 Å². The molecule has 0 amide bonds. The van der Waals surface area contributed by atoms with E-state index < -0.39 is 0 Å². The van der Waals surface area contributed by atoms with Crippen molar-refractivity contribution in [3.8, 4) is 0 Å². The molecule has 0 aromatic heterocycles. The highest BCUT2D eigenvalue weighted by Crippen LogP contribution is 2.31. The molecule has 200 valence electrons. The van der Waals surface area contributed by atoms with E-state index in [2.05, 4.69) is 84.5 Å². The second-order valence-corrected chi connectivity index (χ2v) is 11.0. The lowest BCUT2D eigenvalue weighted by Crippen LogP contribution is -2.12. The number of allylic oxidation sites excluding steroid dienone is 5. The monoisotopic (exact) mass is 480 g/mol. The average Bonchev–Trinajstić information content (AvgIpc) is 2.88. The molecule has 0 aliphatic heterocycles. The Bertz CT molecular complexity index is 667. The van der Waals surface area contributed by atoms with Crippen LogP contribution in [0.1, 0.15) is 125 Å². The van der Waals surface area contributed by atoms with Gasteiger partial charge in [0, 0.05) is 0 Å². The lowest BCUT2D eigenvalue weighted by molar-refractivity contribution is 0.269. The minimum Gasteiger partial charge on any atom is -0.103 e. The molecule has 0 heterocycles. The molecule has 35 heavy (non-hydrogen) atoms. The molecular weight excluding hydrogens is 420 g/mol. The largest absolute Gasteiger partial charge is 0.103 e. The second-order valence-electron chi connectivity index (χ2n) is 11.0. The smallest absolute Gasteiger partial charge is 0.0218 e. The minimum absolute atomic E-state index is 0.581. The summed E-state index contributed by atoms with van der Waals surface area (Å²) in [6, 6.07) is 10.5. The Balaban J connectivity index is 0.000000485. The Labute approximate surface area is 221 Å². The lowest BCUT2D eigenvalue weighted by Gasteiger charge is -2.26. The summed E-state index contributed by atoms with van der Waals surface area (Å²) < 4.78 is 0. The first-order chi connectivity index (χ1) is 16.8. The minimum atomic E-state index is 0.581. The molecule has 0 saturated heterocycles. The Morgan fingerprint density at radius 2 is 1.57 bits per heavy atom. The van der Waals surface area contributed by atoms with E-state index in [9.17, 15) is 0 Å². The number of benzene rings is 1. The highest BCUT2D eigenvalue weighted by atomic mass is 14.2. The average molecular weight is 481 g/mol. The van der Waals surface area contributed by atoms with Gasteiger partial charge in [-0.2, -0.15) is 0 Å². The number of hydrogen-bond donors (Lipinski definition) is 0. The maximum Gasteiger partial charge on any atom is -0.0218 e. The molecule has 2 aliphatic carbocycles. The molecule has 0 bridgehead atoms. The van der Waals surface area contributed by atoms with Gasteiger partial charge in [0.15, 0.2) is 0 Å². The number of rotatable bonds is 8. The van der Waals surface area contributed by atoms with Crippen molar-refractivity contribution >= 4 is 0 Å². The van der Waals surface area contributed by atoms with Crippen LogP contribution in [0.2, 0.25) is 0 Å². The maximum absolute atomic E-state index is 3.76. The second kappa shape index (κ2) is 21.7. The van der Waals surface area contributed by atoms with Crippen LogP contribution in [0.3, 0.4) is 0 Å². The molecule has 0 spiro atoms. The Morgan fingerprint density at radius 3 is 2.06 bits per heavy atom. The van der Waals surface area contributed by atoms with Crippen molar-refractivity contribution in [3.05, 3.63) is 71.8 Å². The van der Waals surface area contributed by atoms with E-state index >= 15 is 0 Å². The van der Waals surface area contributed by atoms with E-state index in [1.807, 2.05) is 26.0 Å². The van der Waals surface area contributed by atoms with Gasteiger partial charge in [0.1, 0.15) is 0 Å². The summed E-state index contributed by atoms with van der Waals surface area (Å²) in [7, 11) is 0. The van der Waals surface area contributed by atoms with Crippen molar-refractivity contribution < 1.29 is 0 Å². The molecular formula is C35H60. The third-order valence-corrected chi connectivity index (χ3v) is 7.23. The summed E-state index contributed by atoms with van der Waals surface area (Å²) in [5.41, 5.74) is 4.51. The zero-order chi connectivity index (χ0) is 26.5. The molecule has 0 radical (unpaired) electrons. The first-order valence-electron chi connectivity index (χ1n) is 14.9. The first kappa shape index (κ1) is 33.4. The van der Waals surface area contributed by atoms with E-state index in [4.69, 9.17) is 0 Å². The molecule has 1 aromatic carbocycles. The number of hydrogen-bond acceptors (Lipinski definition) is 0. The van der Waals surface area contributed by atoms with Crippen LogP contribution in [-0.4, -0.2) is 0 Å². The molecule has 1 aromatic rings. The van der Waals surface area contributed by atoms with E-state index in [-0.39, 0.29) is 0 Å². The van der Waals surface area contributed by atoms with E-state index in [0.717, 1.165) is 24.2 Å². The Kier molecular flexibility index (Phi) is 20.7. The van der Waals surface area contributed by atoms with Crippen LogP contribution in [0.25, 0.3) is 0 Å². The predicted molar refractivity (Wildman–Crippen MR) is 162 cm³/mol. The van der Waals surface area contributed by atoms with Crippen LogP contribution in [0.5, 0.6) is 0 Å². The van der Waals surface area contributed by atoms with Gasteiger partial charge in [0.2, 0.25) is 0 Å². The van der Waals surface area contributed by atoms with Gasteiger partial charge in [-0.3, -0.25) is 0 Å². The zero-order valence-corrected chi connectivity index (χ0v) is 24.9. The third-order valence-electron chi connectivity index (χ3n) is 7.23. The van der Waals surface area contributed by atoms with Gasteiger partial charge in [-0.15, -0.1) is 6.58 Å². The van der Waals surface area contributed by atoms with E-state index in [1.54, 1.807) is 5.57 Å². The van der Waals surface area contributed by atoms with Crippen LogP contribution < -0.4 is 0 Å². The van der Waals surface area contributed by atoms with Crippen molar-refractivity contribution in [2.24, 2.45) is 23.7 Å². The maximum atomic E-state index is 3.76. The molecule has 0 nitrogen and oxygen atoms in total. The summed E-state index contributed by atoms with van der Waals surface area (Å²) in [6.07, 6.45) is 21.8. The fourth-order valence-corrected chi connectivity index (χ4v) is 4.58. The summed E-state index contributed by atoms with van der Waals surface area (Å²) in [6.45, 7) is 21.4. The highest BCUT2D eigenvalue weighted by molar-refractivity contribution is 5.22. The van der Waals surface area contributed by atoms with Crippen molar-refractivity contribution in [1.29, 1.82) is 0 Å². The van der Waals surface area contributed by atoms with E-state index in [0.29, 0.717) is 5.92 Å². The quantitative estimate of drug-likeness (QED) is 0.324. The van der Waals surface area contributed by atoms with Gasteiger partial charge in [0.05, 0.1) is 0 Å². The SMILES string of the molecule is C=CC(C)Cc1ccccc1.CC.CC(C)CCCC1CCC(C)CC1.CCC1=CC=C(C)CC1. The fraction of sp³-hybridized carbons (Fsp3) is 0.657. The van der Waals surface area contributed by atoms with Gasteiger partial charge in [-0.25, -0.2) is 0 Å². The van der Waals surface area contributed by atoms with Crippen LogP contribution in [-0.2, 0) is 6.42 Å². The van der Waals surface area contributed by atoms with Gasteiger partial charge < -0.3 is 0 Å². The molecule has 3 rings (SSSR count). The van der Waals surface area contributed by atoms with Crippen LogP contribution in [0.4, 0.5) is 0 Å². The Hall–Kier alpha value is -1.56. The molecule has 1 atom stereocenters.